The van der Waals surface area contributed by atoms with Crippen molar-refractivity contribution in [1.82, 2.24) is 9.97 Å². The Labute approximate surface area is 85.0 Å². The molecule has 2 rings (SSSR count). The smallest absolute Gasteiger partial charge is 0.145 e. The number of nitrogens with one attached hydrogen (secondary N) is 1. The second kappa shape index (κ2) is 3.95. The lowest BCUT2D eigenvalue weighted by atomic mass is 10.0. The predicted molar refractivity (Wildman–Crippen MR) is 57.4 cm³/mol. The predicted octanol–water partition coefficient (Wildman–Crippen LogP) is 2.18. The fourth-order valence-corrected chi connectivity index (χ4v) is 1.81. The molecule has 0 aliphatic heterocycles. The van der Waals surface area contributed by atoms with Gasteiger partial charge in [-0.1, -0.05) is 0 Å². The van der Waals surface area contributed by atoms with E-state index in [-0.39, 0.29) is 0 Å². The largest absolute Gasteiger partial charge is 0.367 e. The lowest BCUT2D eigenvalue weighted by Gasteiger charge is -2.15. The van der Waals surface area contributed by atoms with E-state index in [0.717, 1.165) is 18.7 Å². The van der Waals surface area contributed by atoms with Crippen LogP contribution in [-0.4, -0.2) is 16.0 Å². The standard InChI is InChI=1S/C11H17N3/c1-8(2)13-11-7-12-9-5-3-4-6-10(9)14-11/h7-8H,3-6H2,1-2H3,(H,13,14). The minimum atomic E-state index is 0.422. The molecule has 1 aliphatic rings. The Hall–Kier alpha value is -1.12. The normalized spacial score (nSPS) is 15.4. The van der Waals surface area contributed by atoms with Crippen molar-refractivity contribution in [2.45, 2.75) is 45.6 Å². The molecule has 0 amide bonds. The molecule has 3 heteroatoms. The van der Waals surface area contributed by atoms with Gasteiger partial charge in [-0.2, -0.15) is 0 Å². The summed E-state index contributed by atoms with van der Waals surface area (Å²) in [4.78, 5) is 9.03. The van der Waals surface area contributed by atoms with Crippen molar-refractivity contribution in [3.05, 3.63) is 17.6 Å². The van der Waals surface area contributed by atoms with E-state index in [1.54, 1.807) is 0 Å². The van der Waals surface area contributed by atoms with Gasteiger partial charge in [0, 0.05) is 6.04 Å². The molecule has 1 N–H and O–H groups in total. The van der Waals surface area contributed by atoms with Crippen LogP contribution in [0.15, 0.2) is 6.20 Å². The Morgan fingerprint density at radius 2 is 1.93 bits per heavy atom. The first kappa shape index (κ1) is 9.44. The van der Waals surface area contributed by atoms with Gasteiger partial charge < -0.3 is 5.32 Å². The highest BCUT2D eigenvalue weighted by Gasteiger charge is 2.12. The number of anilines is 1. The van der Waals surface area contributed by atoms with E-state index in [1.807, 2.05) is 6.20 Å². The fraction of sp³-hybridized carbons (Fsp3) is 0.636. The van der Waals surface area contributed by atoms with Crippen molar-refractivity contribution in [3.8, 4) is 0 Å². The molecule has 0 spiro atoms. The van der Waals surface area contributed by atoms with E-state index in [9.17, 15) is 0 Å². The number of fused-ring (bicyclic) bond motifs is 1. The van der Waals surface area contributed by atoms with Crippen molar-refractivity contribution in [2.24, 2.45) is 0 Å². The zero-order valence-corrected chi connectivity index (χ0v) is 8.88. The second-order valence-electron chi connectivity index (χ2n) is 4.15. The van der Waals surface area contributed by atoms with Gasteiger partial charge in [0.25, 0.3) is 0 Å². The van der Waals surface area contributed by atoms with Crippen LogP contribution in [0.1, 0.15) is 38.1 Å². The monoisotopic (exact) mass is 191 g/mol. The first-order chi connectivity index (χ1) is 6.75. The Morgan fingerprint density at radius 3 is 2.64 bits per heavy atom. The Morgan fingerprint density at radius 1 is 1.21 bits per heavy atom. The Kier molecular flexibility index (Phi) is 2.66. The van der Waals surface area contributed by atoms with E-state index in [4.69, 9.17) is 0 Å². The van der Waals surface area contributed by atoms with E-state index < -0.39 is 0 Å². The van der Waals surface area contributed by atoms with Gasteiger partial charge in [0.05, 0.1) is 17.6 Å². The van der Waals surface area contributed by atoms with Crippen LogP contribution < -0.4 is 5.32 Å². The van der Waals surface area contributed by atoms with E-state index in [2.05, 4.69) is 29.1 Å². The van der Waals surface area contributed by atoms with Crippen LogP contribution in [0.25, 0.3) is 0 Å². The SMILES string of the molecule is CC(C)Nc1cnc2c(n1)CCCC2. The van der Waals surface area contributed by atoms with Crippen LogP contribution in [0.3, 0.4) is 0 Å². The van der Waals surface area contributed by atoms with Crippen molar-refractivity contribution in [2.75, 3.05) is 5.32 Å². The number of aryl methyl sites for hydroxylation is 2. The Bertz CT molecular complexity index is 320. The van der Waals surface area contributed by atoms with Crippen molar-refractivity contribution in [3.63, 3.8) is 0 Å². The van der Waals surface area contributed by atoms with E-state index >= 15 is 0 Å². The minimum Gasteiger partial charge on any atom is -0.367 e. The summed E-state index contributed by atoms with van der Waals surface area (Å²) in [7, 11) is 0. The van der Waals surface area contributed by atoms with Gasteiger partial charge in [0.2, 0.25) is 0 Å². The molecular formula is C11H17N3. The molecule has 14 heavy (non-hydrogen) atoms. The highest BCUT2D eigenvalue weighted by Crippen LogP contribution is 2.18. The van der Waals surface area contributed by atoms with Gasteiger partial charge in [-0.25, -0.2) is 4.98 Å². The summed E-state index contributed by atoms with van der Waals surface area (Å²) >= 11 is 0. The van der Waals surface area contributed by atoms with Crippen LogP contribution in [0.5, 0.6) is 0 Å². The van der Waals surface area contributed by atoms with Gasteiger partial charge >= 0.3 is 0 Å². The fourth-order valence-electron chi connectivity index (χ4n) is 1.81. The molecule has 1 aliphatic carbocycles. The molecule has 3 nitrogen and oxygen atoms in total. The number of nitrogens with zero attached hydrogens (tertiary/aromatic N) is 2. The zero-order chi connectivity index (χ0) is 9.97. The maximum Gasteiger partial charge on any atom is 0.145 e. The molecule has 0 radical (unpaired) electrons. The number of hydrogen-bond acceptors (Lipinski definition) is 3. The molecule has 1 aromatic heterocycles. The maximum atomic E-state index is 4.58. The van der Waals surface area contributed by atoms with Crippen molar-refractivity contribution in [1.29, 1.82) is 0 Å². The van der Waals surface area contributed by atoms with Crippen LogP contribution in [0.2, 0.25) is 0 Å². The van der Waals surface area contributed by atoms with Crippen LogP contribution in [0, 0.1) is 0 Å². The topological polar surface area (TPSA) is 37.8 Å². The first-order valence-corrected chi connectivity index (χ1v) is 5.37. The number of rotatable bonds is 2. The highest BCUT2D eigenvalue weighted by molar-refractivity contribution is 5.35. The third kappa shape index (κ3) is 2.03. The quantitative estimate of drug-likeness (QED) is 0.778. The highest BCUT2D eigenvalue weighted by atomic mass is 15.0. The molecule has 0 atom stereocenters. The number of aromatic nitrogens is 2. The molecular weight excluding hydrogens is 174 g/mol. The molecule has 0 aromatic carbocycles. The van der Waals surface area contributed by atoms with Gasteiger partial charge in [0.1, 0.15) is 5.82 Å². The lowest BCUT2D eigenvalue weighted by molar-refractivity contribution is 0.649. The van der Waals surface area contributed by atoms with Crippen molar-refractivity contribution < 1.29 is 0 Å². The molecule has 1 heterocycles. The average molecular weight is 191 g/mol. The molecule has 0 saturated heterocycles. The lowest BCUT2D eigenvalue weighted by Crippen LogP contribution is -2.14. The molecule has 0 fully saturated rings. The summed E-state index contributed by atoms with van der Waals surface area (Å²) in [6.07, 6.45) is 6.57. The third-order valence-corrected chi connectivity index (χ3v) is 2.44. The summed E-state index contributed by atoms with van der Waals surface area (Å²) in [5.41, 5.74) is 2.40. The molecule has 0 unspecified atom stereocenters. The second-order valence-corrected chi connectivity index (χ2v) is 4.15. The molecule has 76 valence electrons. The number of hydrogen-bond donors (Lipinski definition) is 1. The van der Waals surface area contributed by atoms with Crippen LogP contribution in [0.4, 0.5) is 5.82 Å². The minimum absolute atomic E-state index is 0.422. The van der Waals surface area contributed by atoms with Gasteiger partial charge in [-0.05, 0) is 39.5 Å². The summed E-state index contributed by atoms with van der Waals surface area (Å²) in [5.74, 6) is 0.917. The molecule has 1 aromatic rings. The molecule has 0 saturated carbocycles. The first-order valence-electron chi connectivity index (χ1n) is 5.37. The maximum absolute atomic E-state index is 4.58. The summed E-state index contributed by atoms with van der Waals surface area (Å²) < 4.78 is 0. The van der Waals surface area contributed by atoms with Crippen LogP contribution in [-0.2, 0) is 12.8 Å². The van der Waals surface area contributed by atoms with Gasteiger partial charge in [-0.15, -0.1) is 0 Å². The van der Waals surface area contributed by atoms with Crippen LogP contribution >= 0.6 is 0 Å². The zero-order valence-electron chi connectivity index (χ0n) is 8.88. The van der Waals surface area contributed by atoms with E-state index in [1.165, 1.54) is 24.2 Å². The Balaban J connectivity index is 2.20. The summed E-state index contributed by atoms with van der Waals surface area (Å²) in [5, 5.41) is 3.28. The van der Waals surface area contributed by atoms with Gasteiger partial charge in [0.15, 0.2) is 0 Å². The summed E-state index contributed by atoms with van der Waals surface area (Å²) in [6, 6.07) is 0.422. The average Bonchev–Trinajstić information content (AvgIpc) is 2.17. The van der Waals surface area contributed by atoms with E-state index in [0.29, 0.717) is 6.04 Å². The van der Waals surface area contributed by atoms with Crippen molar-refractivity contribution >= 4 is 5.82 Å². The van der Waals surface area contributed by atoms with Gasteiger partial charge in [-0.3, -0.25) is 4.98 Å². The summed E-state index contributed by atoms with van der Waals surface area (Å²) in [6.45, 7) is 4.22. The third-order valence-electron chi connectivity index (χ3n) is 2.44. The molecule has 0 bridgehead atoms.